The summed E-state index contributed by atoms with van der Waals surface area (Å²) in [5.41, 5.74) is 33.9. The van der Waals surface area contributed by atoms with E-state index in [1.54, 1.807) is 43.4 Å². The third kappa shape index (κ3) is 27.1. The predicted molar refractivity (Wildman–Crippen MR) is 587 cm³/mol. The molecule has 0 unspecified atom stereocenters. The smallest absolute Gasteiger partial charge is 0.121 e. The third-order valence-corrected chi connectivity index (χ3v) is 24.5. The molecule has 147 heavy (non-hydrogen) atoms. The number of fused-ring (bicyclic) bond motifs is 12. The molecule has 12 aromatic heterocycles. The molecule has 742 valence electrons. The number of aryl methyl sites for hydroxylation is 4. The molecule has 12 heterocycles. The molecule has 4 radical (unpaired) electrons. The molecule has 0 aliphatic rings. The molecule has 0 spiro atoms. The number of hydrogen-bond donors (Lipinski definition) is 0. The van der Waals surface area contributed by atoms with Crippen LogP contribution in [0.2, 0.25) is 0 Å². The van der Waals surface area contributed by atoms with Gasteiger partial charge in [-0.1, -0.05) is 304 Å². The van der Waals surface area contributed by atoms with Crippen LogP contribution in [0.25, 0.3) is 178 Å². The Morgan fingerprint density at radius 2 is 0.571 bits per heavy atom. The minimum absolute atomic E-state index is 0. The van der Waals surface area contributed by atoms with Crippen molar-refractivity contribution in [1.82, 2.24) is 39.9 Å². The monoisotopic (exact) mass is 2630 g/mol. The van der Waals surface area contributed by atoms with Gasteiger partial charge >= 0.3 is 0 Å². The Labute approximate surface area is 916 Å². The van der Waals surface area contributed by atoms with Crippen LogP contribution in [0.4, 0.5) is 0 Å². The Hall–Kier alpha value is -14.4. The van der Waals surface area contributed by atoms with Gasteiger partial charge in [-0.15, -0.1) is 213 Å². The number of nitrogens with zero attached hydrogens (tertiary/aromatic N) is 8. The van der Waals surface area contributed by atoms with E-state index in [1.807, 2.05) is 231 Å². The summed E-state index contributed by atoms with van der Waals surface area (Å²) in [6.07, 6.45) is 14.5. The normalized spacial score (nSPS) is 10.7. The summed E-state index contributed by atoms with van der Waals surface area (Å²) in [5, 5.41) is 9.24. The van der Waals surface area contributed by atoms with Crippen molar-refractivity contribution >= 4 is 87.8 Å². The number of benzene rings is 12. The number of hydrogen-bond acceptors (Lipinski definition) is 12. The Kier molecular flexibility index (Phi) is 39.3. The molecule has 0 atom stereocenters. The third-order valence-electron chi connectivity index (χ3n) is 24.5. The SMILES string of the molecule is CC(C)c1[c-]c(-c2ccccn2)c2oc3ccccc3c2c1.CC(C)c1c[c-]c(-c2ccccn2)c2oc3ccccc3c12.CC(C)c1cccc2oc3c(-c4ccccn4)[c-]ccc3c12.CC(C)c1ccnc(-c2[c-]ccc3c2oc2cc(C(C)C)ccc23)c1.Cc1cc[c-]c(-c2ccccn2)c1.Cc1cc[c-]c(-c2ccccn2)c1.Cc1cc[c-]c(-c2ccccn2)c1.Cc1cc[c-]c(-c2ccccn2)c1.[Ir].[Ir].[Ir].[Ir]. The summed E-state index contributed by atoms with van der Waals surface area (Å²) in [6, 6.07) is 137. The summed E-state index contributed by atoms with van der Waals surface area (Å²) < 4.78 is 24.7. The number of aromatic nitrogens is 8. The van der Waals surface area contributed by atoms with Gasteiger partial charge in [-0.3, -0.25) is 0 Å². The Bertz CT molecular complexity index is 8050. The van der Waals surface area contributed by atoms with Crippen LogP contribution in [-0.2, 0) is 80.4 Å². The van der Waals surface area contributed by atoms with Crippen molar-refractivity contribution in [3.8, 4) is 90.1 Å². The van der Waals surface area contributed by atoms with E-state index in [9.17, 15) is 0 Å². The molecule has 0 saturated carbocycles. The summed E-state index contributed by atoms with van der Waals surface area (Å²) in [5.74, 6) is 2.21. The minimum Gasteiger partial charge on any atom is -0.501 e. The van der Waals surface area contributed by atoms with Crippen LogP contribution in [0, 0.1) is 76.2 Å². The quantitative estimate of drug-likeness (QED) is 0.101. The second kappa shape index (κ2) is 52.6. The van der Waals surface area contributed by atoms with Gasteiger partial charge in [-0.2, -0.15) is 0 Å². The molecule has 24 aromatic rings. The first kappa shape index (κ1) is 110. The van der Waals surface area contributed by atoms with E-state index in [0.29, 0.717) is 29.6 Å². The summed E-state index contributed by atoms with van der Waals surface area (Å²) >= 11 is 0. The van der Waals surface area contributed by atoms with Crippen molar-refractivity contribution in [3.63, 3.8) is 0 Å². The number of pyridine rings is 8. The molecule has 12 aromatic carbocycles. The fourth-order valence-corrected chi connectivity index (χ4v) is 17.0. The molecule has 0 N–H and O–H groups in total. The van der Waals surface area contributed by atoms with Crippen molar-refractivity contribution in [1.29, 1.82) is 0 Å². The molecule has 16 heteroatoms. The fraction of sp³-hybridized carbons (Fsp3) is 0.145. The summed E-state index contributed by atoms with van der Waals surface area (Å²) in [4.78, 5) is 35.0. The van der Waals surface area contributed by atoms with Crippen molar-refractivity contribution < 1.29 is 98.1 Å². The molecule has 12 nitrogen and oxygen atoms in total. The van der Waals surface area contributed by atoms with E-state index in [4.69, 9.17) is 17.7 Å². The maximum absolute atomic E-state index is 6.26. The van der Waals surface area contributed by atoms with Crippen LogP contribution in [-0.4, -0.2) is 39.9 Å². The van der Waals surface area contributed by atoms with Gasteiger partial charge in [0.15, 0.2) is 0 Å². The molecule has 0 amide bonds. The first-order valence-corrected chi connectivity index (χ1v) is 48.5. The zero-order chi connectivity index (χ0) is 99.2. The largest absolute Gasteiger partial charge is 0.501 e. The van der Waals surface area contributed by atoms with E-state index in [1.165, 1.54) is 60.8 Å². The van der Waals surface area contributed by atoms with Crippen LogP contribution >= 0.6 is 0 Å². The van der Waals surface area contributed by atoms with Crippen LogP contribution in [0.5, 0.6) is 0 Å². The fourth-order valence-electron chi connectivity index (χ4n) is 17.0. The molecule has 0 bridgehead atoms. The first-order valence-electron chi connectivity index (χ1n) is 48.5. The van der Waals surface area contributed by atoms with Crippen LogP contribution in [0.1, 0.15) is 149 Å². The van der Waals surface area contributed by atoms with Crippen molar-refractivity contribution in [3.05, 3.63) is 482 Å². The first-order chi connectivity index (χ1) is 69.7. The molecule has 0 fully saturated rings. The molecule has 0 aliphatic carbocycles. The molecular formula is C131H110Ir4N8O4-8. The topological polar surface area (TPSA) is 156 Å². The molecule has 0 aliphatic heterocycles. The van der Waals surface area contributed by atoms with Gasteiger partial charge in [0.05, 0.1) is 22.3 Å². The number of furan rings is 4. The van der Waals surface area contributed by atoms with Gasteiger partial charge in [-0.25, -0.2) is 0 Å². The van der Waals surface area contributed by atoms with Crippen molar-refractivity contribution in [2.75, 3.05) is 0 Å². The maximum atomic E-state index is 6.26. The van der Waals surface area contributed by atoms with Gasteiger partial charge in [-0.05, 0) is 153 Å². The van der Waals surface area contributed by atoms with Crippen LogP contribution in [0.3, 0.4) is 0 Å². The summed E-state index contributed by atoms with van der Waals surface area (Å²) in [6.45, 7) is 30.2. The van der Waals surface area contributed by atoms with Gasteiger partial charge < -0.3 is 57.5 Å². The Morgan fingerprint density at radius 1 is 0.218 bits per heavy atom. The van der Waals surface area contributed by atoms with Crippen LogP contribution < -0.4 is 0 Å². The standard InChI is InChI=1S/C23H22NO.3C20H16NO.4C12H10N.4Ir/c1-14(2)16-8-9-18-19-6-5-7-20(23(19)25-22(18)13-16)21-12-17(15(3)4)10-11-24-21;1-13(2)14-7-6-11-18-19(14)16-9-5-8-15(20(16)22-18)17-10-3-4-12-21-17;1-13(2)14-10-11-15(17-8-5-6-12-21-17)20-19(14)16-7-3-4-9-18(16)22-20;1-13(2)14-11-16-15-7-3-4-9-19(15)22-20(16)17(12-14)18-8-5-6-10-21-18;4*1-10-5-4-6-11(9-10)12-7-2-3-8-13-12;;;;/h5-6,8-15H,1-4H3;3-7,9-13H,1-2H3;3-10,12-13H,1-2H3;3-11,13H,1-2H3;4*2-5,7-9H,1H3;;;;/q8*-1;;;;. The van der Waals surface area contributed by atoms with E-state index in [2.05, 4.69) is 295 Å². The number of rotatable bonds is 13. The van der Waals surface area contributed by atoms with E-state index in [0.717, 1.165) is 167 Å². The number of para-hydroxylation sites is 2. The average molecular weight is 2630 g/mol. The van der Waals surface area contributed by atoms with Crippen molar-refractivity contribution in [2.24, 2.45) is 0 Å². The molecule has 24 rings (SSSR count). The van der Waals surface area contributed by atoms with Gasteiger partial charge in [0.25, 0.3) is 0 Å². The summed E-state index contributed by atoms with van der Waals surface area (Å²) in [7, 11) is 0. The Balaban J connectivity index is 0.000000142. The van der Waals surface area contributed by atoms with Crippen LogP contribution in [0.15, 0.2) is 401 Å². The minimum atomic E-state index is 0. The Morgan fingerprint density at radius 3 is 1.01 bits per heavy atom. The molecular weight excluding hydrogens is 2520 g/mol. The zero-order valence-electron chi connectivity index (χ0n) is 84.3. The van der Waals surface area contributed by atoms with Gasteiger partial charge in [0.1, 0.15) is 22.3 Å². The predicted octanol–water partition coefficient (Wildman–Crippen LogP) is 34.8. The molecule has 0 saturated heterocycles. The van der Waals surface area contributed by atoms with E-state index >= 15 is 0 Å². The average Bonchev–Trinajstić information content (AvgIpc) is 1.61. The van der Waals surface area contributed by atoms with E-state index in [-0.39, 0.29) is 80.4 Å². The second-order valence-corrected chi connectivity index (χ2v) is 36.6. The van der Waals surface area contributed by atoms with Crippen molar-refractivity contribution in [2.45, 2.75) is 127 Å². The van der Waals surface area contributed by atoms with E-state index < -0.39 is 0 Å². The zero-order valence-corrected chi connectivity index (χ0v) is 93.9. The van der Waals surface area contributed by atoms with Gasteiger partial charge in [0.2, 0.25) is 0 Å². The second-order valence-electron chi connectivity index (χ2n) is 36.6. The van der Waals surface area contributed by atoms with Gasteiger partial charge in [0, 0.05) is 152 Å². The maximum Gasteiger partial charge on any atom is 0.121 e.